The van der Waals surface area contributed by atoms with Crippen LogP contribution in [0.25, 0.3) is 0 Å². The summed E-state index contributed by atoms with van der Waals surface area (Å²) in [6.07, 6.45) is 1.54. The van der Waals surface area contributed by atoms with Gasteiger partial charge in [-0.1, -0.05) is 39.0 Å². The number of hydrogen-bond acceptors (Lipinski definition) is 4. The van der Waals surface area contributed by atoms with Crippen molar-refractivity contribution in [2.75, 3.05) is 19.7 Å². The van der Waals surface area contributed by atoms with Crippen molar-refractivity contribution in [3.05, 3.63) is 34.9 Å². The topological polar surface area (TPSA) is 59.6 Å². The number of carbonyl (C=O) groups excluding carboxylic acids is 1. The summed E-state index contributed by atoms with van der Waals surface area (Å²) >= 11 is 0. The zero-order chi connectivity index (χ0) is 20.1. The van der Waals surface area contributed by atoms with Crippen molar-refractivity contribution < 1.29 is 14.3 Å². The molecule has 0 aliphatic carbocycles. The maximum absolute atomic E-state index is 11.7. The molecule has 1 aliphatic rings. The lowest BCUT2D eigenvalue weighted by Gasteiger charge is -2.28. The van der Waals surface area contributed by atoms with E-state index in [1.54, 1.807) is 0 Å². The Kier molecular flexibility index (Phi) is 7.29. The molecule has 152 valence electrons. The van der Waals surface area contributed by atoms with E-state index in [1.165, 1.54) is 16.7 Å². The fourth-order valence-electron chi connectivity index (χ4n) is 3.24. The van der Waals surface area contributed by atoms with Gasteiger partial charge in [-0.15, -0.1) is 0 Å². The molecule has 0 spiro atoms. The van der Waals surface area contributed by atoms with Crippen LogP contribution in [0, 0.1) is 5.41 Å². The van der Waals surface area contributed by atoms with Gasteiger partial charge in [0, 0.05) is 6.54 Å². The summed E-state index contributed by atoms with van der Waals surface area (Å²) in [6, 6.07) is 6.96. The van der Waals surface area contributed by atoms with Crippen molar-refractivity contribution in [3.8, 4) is 0 Å². The maximum Gasteiger partial charge on any atom is 0.407 e. The van der Waals surface area contributed by atoms with Crippen LogP contribution in [0.15, 0.2) is 18.2 Å². The smallest absolute Gasteiger partial charge is 0.407 e. The Morgan fingerprint density at radius 3 is 2.59 bits per heavy atom. The van der Waals surface area contributed by atoms with Crippen LogP contribution in [0.5, 0.6) is 0 Å². The lowest BCUT2D eigenvalue weighted by Crippen LogP contribution is -2.35. The van der Waals surface area contributed by atoms with Gasteiger partial charge in [-0.05, 0) is 62.3 Å². The summed E-state index contributed by atoms with van der Waals surface area (Å²) in [7, 11) is 0. The highest BCUT2D eigenvalue weighted by molar-refractivity contribution is 5.67. The van der Waals surface area contributed by atoms with E-state index in [9.17, 15) is 4.79 Å². The van der Waals surface area contributed by atoms with Crippen molar-refractivity contribution in [1.82, 2.24) is 10.6 Å². The summed E-state index contributed by atoms with van der Waals surface area (Å²) in [5.41, 5.74) is 3.80. The number of carbonyl (C=O) groups is 1. The highest BCUT2D eigenvalue weighted by atomic mass is 16.6. The minimum atomic E-state index is -0.462. The van der Waals surface area contributed by atoms with E-state index in [0.29, 0.717) is 19.8 Å². The lowest BCUT2D eigenvalue weighted by molar-refractivity contribution is 0.0526. The second-order valence-corrected chi connectivity index (χ2v) is 9.57. The van der Waals surface area contributed by atoms with Gasteiger partial charge in [0.1, 0.15) is 5.60 Å². The first-order chi connectivity index (χ1) is 12.5. The molecule has 1 amide bonds. The Hall–Kier alpha value is -1.59. The molecule has 0 saturated carbocycles. The van der Waals surface area contributed by atoms with Gasteiger partial charge in [-0.3, -0.25) is 0 Å². The minimum Gasteiger partial charge on any atom is -0.444 e. The zero-order valence-electron chi connectivity index (χ0n) is 17.8. The Morgan fingerprint density at radius 2 is 1.93 bits per heavy atom. The second-order valence-electron chi connectivity index (χ2n) is 9.57. The summed E-state index contributed by atoms with van der Waals surface area (Å²) < 4.78 is 11.0. The van der Waals surface area contributed by atoms with Crippen LogP contribution < -0.4 is 10.6 Å². The molecule has 1 aromatic carbocycles. The molecule has 27 heavy (non-hydrogen) atoms. The van der Waals surface area contributed by atoms with E-state index in [0.717, 1.165) is 19.4 Å². The quantitative estimate of drug-likeness (QED) is 0.725. The molecular weight excluding hydrogens is 340 g/mol. The Bertz CT molecular complexity index is 629. The van der Waals surface area contributed by atoms with Crippen LogP contribution in [-0.4, -0.2) is 31.4 Å². The summed E-state index contributed by atoms with van der Waals surface area (Å²) in [5, 5.41) is 6.37. The van der Waals surface area contributed by atoms with Gasteiger partial charge in [0.15, 0.2) is 0 Å². The Balaban J connectivity index is 1.83. The van der Waals surface area contributed by atoms with Crippen LogP contribution in [0.2, 0.25) is 0 Å². The van der Waals surface area contributed by atoms with E-state index in [4.69, 9.17) is 9.47 Å². The fraction of sp³-hybridized carbons (Fsp3) is 0.682. The van der Waals surface area contributed by atoms with E-state index >= 15 is 0 Å². The van der Waals surface area contributed by atoms with Crippen molar-refractivity contribution in [2.45, 2.75) is 72.6 Å². The van der Waals surface area contributed by atoms with Gasteiger partial charge in [-0.2, -0.15) is 0 Å². The standard InChI is InChI=1S/C22H36N2O3/c1-21(2,3)13-16-8-9-17-14-26-15-19(18(17)12-16)23-10-7-11-24-20(25)27-22(4,5)6/h8-9,12,19,23H,7,10-11,13-15H2,1-6H3,(H,24,25). The molecule has 0 bridgehead atoms. The first-order valence-electron chi connectivity index (χ1n) is 9.93. The normalized spacial score (nSPS) is 17.3. The monoisotopic (exact) mass is 376 g/mol. The number of ether oxygens (including phenoxy) is 2. The molecule has 2 N–H and O–H groups in total. The van der Waals surface area contributed by atoms with Crippen LogP contribution in [0.1, 0.15) is 70.7 Å². The third-order valence-electron chi connectivity index (χ3n) is 4.27. The summed E-state index contributed by atoms with van der Waals surface area (Å²) in [5.74, 6) is 0. The molecule has 0 fully saturated rings. The third kappa shape index (κ3) is 7.89. The predicted molar refractivity (Wildman–Crippen MR) is 109 cm³/mol. The predicted octanol–water partition coefficient (Wildman–Crippen LogP) is 4.35. The average Bonchev–Trinajstić information content (AvgIpc) is 2.51. The van der Waals surface area contributed by atoms with E-state index in [-0.39, 0.29) is 17.6 Å². The molecular formula is C22H36N2O3. The highest BCUT2D eigenvalue weighted by Gasteiger charge is 2.22. The molecule has 2 rings (SSSR count). The van der Waals surface area contributed by atoms with Crippen molar-refractivity contribution in [1.29, 1.82) is 0 Å². The van der Waals surface area contributed by atoms with Crippen LogP contribution in [-0.2, 0) is 22.5 Å². The molecule has 0 saturated heterocycles. The number of rotatable bonds is 6. The van der Waals surface area contributed by atoms with Crippen molar-refractivity contribution in [2.24, 2.45) is 5.41 Å². The Labute approximate surface area is 164 Å². The summed E-state index contributed by atoms with van der Waals surface area (Å²) in [4.78, 5) is 11.7. The maximum atomic E-state index is 11.7. The number of nitrogens with one attached hydrogen (secondary N) is 2. The number of fused-ring (bicyclic) bond motifs is 1. The van der Waals surface area contributed by atoms with Crippen molar-refractivity contribution >= 4 is 6.09 Å². The number of alkyl carbamates (subject to hydrolysis) is 1. The molecule has 1 atom stereocenters. The minimum absolute atomic E-state index is 0.204. The lowest BCUT2D eigenvalue weighted by atomic mass is 9.86. The molecule has 5 heteroatoms. The van der Waals surface area contributed by atoms with Crippen LogP contribution >= 0.6 is 0 Å². The van der Waals surface area contributed by atoms with E-state index < -0.39 is 5.60 Å². The summed E-state index contributed by atoms with van der Waals surface area (Å²) in [6.45, 7) is 15.2. The van der Waals surface area contributed by atoms with Gasteiger partial charge in [-0.25, -0.2) is 4.79 Å². The van der Waals surface area contributed by atoms with Gasteiger partial charge in [0.25, 0.3) is 0 Å². The van der Waals surface area contributed by atoms with Gasteiger partial charge < -0.3 is 20.1 Å². The first-order valence-corrected chi connectivity index (χ1v) is 9.93. The molecule has 1 heterocycles. The van der Waals surface area contributed by atoms with Crippen molar-refractivity contribution in [3.63, 3.8) is 0 Å². The SMILES string of the molecule is CC(C)(C)Cc1ccc2c(c1)C(NCCCNC(=O)OC(C)(C)C)COC2. The van der Waals surface area contributed by atoms with Crippen LogP contribution in [0.4, 0.5) is 4.79 Å². The molecule has 1 unspecified atom stereocenters. The van der Waals surface area contributed by atoms with Crippen LogP contribution in [0.3, 0.4) is 0 Å². The number of hydrogen-bond donors (Lipinski definition) is 2. The van der Waals surface area contributed by atoms with Gasteiger partial charge in [0.2, 0.25) is 0 Å². The van der Waals surface area contributed by atoms with Gasteiger partial charge in [0.05, 0.1) is 19.3 Å². The molecule has 1 aliphatic heterocycles. The average molecular weight is 377 g/mol. The largest absolute Gasteiger partial charge is 0.444 e. The first kappa shape index (κ1) is 21.7. The molecule has 1 aromatic rings. The molecule has 0 radical (unpaired) electrons. The third-order valence-corrected chi connectivity index (χ3v) is 4.27. The van der Waals surface area contributed by atoms with E-state index in [2.05, 4.69) is 49.6 Å². The highest BCUT2D eigenvalue weighted by Crippen LogP contribution is 2.28. The molecule has 0 aromatic heterocycles. The fourth-order valence-corrected chi connectivity index (χ4v) is 3.24. The zero-order valence-corrected chi connectivity index (χ0v) is 17.8. The van der Waals surface area contributed by atoms with E-state index in [1.807, 2.05) is 20.8 Å². The number of amides is 1. The van der Waals surface area contributed by atoms with Gasteiger partial charge >= 0.3 is 6.09 Å². The molecule has 5 nitrogen and oxygen atoms in total. The number of benzene rings is 1. The Morgan fingerprint density at radius 1 is 1.19 bits per heavy atom. The second kappa shape index (κ2) is 9.07.